The molecule has 1 aromatic carbocycles. The Kier molecular flexibility index (Phi) is 3.27. The standard InChI is InChI=1S/C15H12N2S2/c1-10-7-8-19-14(10)12-9-13(18)17-15(16-12)11-5-3-2-4-6-11/h2-9H,1H3,(H,16,17,18). The van der Waals surface area contributed by atoms with Crippen molar-refractivity contribution in [1.82, 2.24) is 9.97 Å². The van der Waals surface area contributed by atoms with Crippen molar-refractivity contribution >= 4 is 23.6 Å². The van der Waals surface area contributed by atoms with E-state index in [1.54, 1.807) is 11.3 Å². The quantitative estimate of drug-likeness (QED) is 0.682. The molecule has 1 N–H and O–H groups in total. The fourth-order valence-corrected chi connectivity index (χ4v) is 3.07. The molecule has 2 nitrogen and oxygen atoms in total. The van der Waals surface area contributed by atoms with E-state index in [9.17, 15) is 0 Å². The Morgan fingerprint density at radius 1 is 1.16 bits per heavy atom. The van der Waals surface area contributed by atoms with Crippen molar-refractivity contribution in [2.45, 2.75) is 6.92 Å². The minimum atomic E-state index is 0.611. The van der Waals surface area contributed by atoms with E-state index in [4.69, 9.17) is 12.2 Å². The van der Waals surface area contributed by atoms with Gasteiger partial charge in [0.15, 0.2) is 0 Å². The van der Waals surface area contributed by atoms with Gasteiger partial charge in [0, 0.05) is 5.56 Å². The fraction of sp³-hybridized carbons (Fsp3) is 0.0667. The third kappa shape index (κ3) is 2.50. The molecule has 0 fully saturated rings. The van der Waals surface area contributed by atoms with Gasteiger partial charge >= 0.3 is 0 Å². The second kappa shape index (κ2) is 5.07. The summed E-state index contributed by atoms with van der Waals surface area (Å²) in [6, 6.07) is 14.1. The largest absolute Gasteiger partial charge is 0.338 e. The lowest BCUT2D eigenvalue weighted by atomic mass is 10.2. The average molecular weight is 284 g/mol. The molecule has 3 aromatic rings. The van der Waals surface area contributed by atoms with Crippen molar-refractivity contribution < 1.29 is 0 Å². The fourth-order valence-electron chi connectivity index (χ4n) is 1.96. The Labute approximate surface area is 120 Å². The van der Waals surface area contributed by atoms with E-state index < -0.39 is 0 Å². The van der Waals surface area contributed by atoms with Crippen molar-refractivity contribution in [2.24, 2.45) is 0 Å². The highest BCUT2D eigenvalue weighted by molar-refractivity contribution is 7.71. The highest BCUT2D eigenvalue weighted by Crippen LogP contribution is 2.28. The van der Waals surface area contributed by atoms with Gasteiger partial charge < -0.3 is 4.98 Å². The highest BCUT2D eigenvalue weighted by atomic mass is 32.1. The predicted octanol–water partition coefficient (Wildman–Crippen LogP) is 4.84. The van der Waals surface area contributed by atoms with Gasteiger partial charge in [0.1, 0.15) is 10.5 Å². The summed E-state index contributed by atoms with van der Waals surface area (Å²) >= 11 is 6.99. The maximum absolute atomic E-state index is 5.28. The van der Waals surface area contributed by atoms with Crippen LogP contribution in [0, 0.1) is 11.6 Å². The lowest BCUT2D eigenvalue weighted by Gasteiger charge is -2.05. The van der Waals surface area contributed by atoms with Crippen LogP contribution in [0.25, 0.3) is 22.0 Å². The Morgan fingerprint density at radius 3 is 2.63 bits per heavy atom. The molecule has 0 radical (unpaired) electrons. The Balaban J connectivity index is 2.17. The van der Waals surface area contributed by atoms with Crippen molar-refractivity contribution in [2.75, 3.05) is 0 Å². The summed E-state index contributed by atoms with van der Waals surface area (Å²) in [6.07, 6.45) is 0. The molecule has 2 heterocycles. The Hall–Kier alpha value is -1.78. The first-order chi connectivity index (χ1) is 9.24. The summed E-state index contributed by atoms with van der Waals surface area (Å²) in [5.74, 6) is 0.816. The van der Waals surface area contributed by atoms with Crippen LogP contribution in [0.15, 0.2) is 47.8 Å². The number of benzene rings is 1. The molecule has 0 amide bonds. The van der Waals surface area contributed by atoms with Crippen LogP contribution in [-0.4, -0.2) is 9.97 Å². The van der Waals surface area contributed by atoms with Gasteiger partial charge in [-0.05, 0) is 30.0 Å². The number of H-pyrrole nitrogens is 1. The third-order valence-corrected chi connectivity index (χ3v) is 4.16. The molecule has 0 saturated heterocycles. The first kappa shape index (κ1) is 12.3. The maximum Gasteiger partial charge on any atom is 0.139 e. The van der Waals surface area contributed by atoms with E-state index >= 15 is 0 Å². The monoisotopic (exact) mass is 284 g/mol. The summed E-state index contributed by atoms with van der Waals surface area (Å²) in [6.45, 7) is 2.10. The summed E-state index contributed by atoms with van der Waals surface area (Å²) < 4.78 is 0.611. The van der Waals surface area contributed by atoms with Crippen LogP contribution in [0.5, 0.6) is 0 Å². The van der Waals surface area contributed by atoms with Crippen LogP contribution in [0.4, 0.5) is 0 Å². The van der Waals surface area contributed by atoms with E-state index in [0.717, 1.165) is 17.1 Å². The number of hydrogen-bond donors (Lipinski definition) is 1. The number of nitrogens with one attached hydrogen (secondary N) is 1. The van der Waals surface area contributed by atoms with Gasteiger partial charge in [-0.2, -0.15) is 0 Å². The molecule has 0 spiro atoms. The summed E-state index contributed by atoms with van der Waals surface area (Å²) in [5, 5.41) is 2.09. The SMILES string of the molecule is Cc1ccsc1-c1cc(=S)nc(-c2ccccc2)[nH]1. The number of nitrogens with zero attached hydrogens (tertiary/aromatic N) is 1. The smallest absolute Gasteiger partial charge is 0.139 e. The highest BCUT2D eigenvalue weighted by Gasteiger charge is 2.07. The van der Waals surface area contributed by atoms with Crippen LogP contribution < -0.4 is 0 Å². The van der Waals surface area contributed by atoms with Gasteiger partial charge in [0.05, 0.1) is 10.6 Å². The summed E-state index contributed by atoms with van der Waals surface area (Å²) in [5.41, 5.74) is 3.33. The molecule has 0 aliphatic rings. The van der Waals surface area contributed by atoms with Crippen molar-refractivity contribution in [1.29, 1.82) is 0 Å². The van der Waals surface area contributed by atoms with Gasteiger partial charge in [-0.15, -0.1) is 11.3 Å². The molecular formula is C15H12N2S2. The predicted molar refractivity (Wildman–Crippen MR) is 82.9 cm³/mol. The van der Waals surface area contributed by atoms with Gasteiger partial charge in [-0.1, -0.05) is 42.5 Å². The number of thiophene rings is 1. The zero-order valence-electron chi connectivity index (χ0n) is 10.4. The van der Waals surface area contributed by atoms with Crippen LogP contribution in [0.3, 0.4) is 0 Å². The molecule has 19 heavy (non-hydrogen) atoms. The van der Waals surface area contributed by atoms with E-state index in [1.165, 1.54) is 10.4 Å². The van der Waals surface area contributed by atoms with Crippen molar-refractivity contribution in [3.63, 3.8) is 0 Å². The third-order valence-electron chi connectivity index (χ3n) is 2.90. The van der Waals surface area contributed by atoms with E-state index in [0.29, 0.717) is 4.64 Å². The van der Waals surface area contributed by atoms with E-state index in [1.807, 2.05) is 36.4 Å². The Morgan fingerprint density at radius 2 is 1.95 bits per heavy atom. The van der Waals surface area contributed by atoms with Crippen molar-refractivity contribution in [3.8, 4) is 22.0 Å². The number of rotatable bonds is 2. The topological polar surface area (TPSA) is 28.7 Å². The van der Waals surface area contributed by atoms with E-state index in [-0.39, 0.29) is 0 Å². The van der Waals surface area contributed by atoms with Crippen LogP contribution in [0.1, 0.15) is 5.56 Å². The second-order valence-corrected chi connectivity index (χ2v) is 5.61. The van der Waals surface area contributed by atoms with Crippen LogP contribution in [-0.2, 0) is 0 Å². The van der Waals surface area contributed by atoms with Crippen LogP contribution in [0.2, 0.25) is 0 Å². The normalized spacial score (nSPS) is 10.6. The van der Waals surface area contributed by atoms with Gasteiger partial charge in [-0.25, -0.2) is 4.98 Å². The average Bonchev–Trinajstić information content (AvgIpc) is 2.85. The molecule has 0 saturated carbocycles. The number of aromatic nitrogens is 2. The minimum Gasteiger partial charge on any atom is -0.338 e. The first-order valence-electron chi connectivity index (χ1n) is 5.95. The molecule has 2 aromatic heterocycles. The molecule has 0 unspecified atom stereocenters. The molecule has 0 aliphatic carbocycles. The zero-order valence-corrected chi connectivity index (χ0v) is 12.0. The molecular weight excluding hydrogens is 272 g/mol. The minimum absolute atomic E-state index is 0.611. The van der Waals surface area contributed by atoms with Gasteiger partial charge in [0.25, 0.3) is 0 Å². The molecule has 4 heteroatoms. The molecule has 3 rings (SSSR count). The molecule has 0 atom stereocenters. The van der Waals surface area contributed by atoms with Gasteiger partial charge in [0.2, 0.25) is 0 Å². The first-order valence-corrected chi connectivity index (χ1v) is 7.24. The maximum atomic E-state index is 5.28. The van der Waals surface area contributed by atoms with Crippen molar-refractivity contribution in [3.05, 3.63) is 58.0 Å². The number of aryl methyl sites for hydroxylation is 1. The van der Waals surface area contributed by atoms with Crippen LogP contribution >= 0.6 is 23.6 Å². The van der Waals surface area contributed by atoms with E-state index in [2.05, 4.69) is 28.3 Å². The second-order valence-electron chi connectivity index (χ2n) is 4.28. The summed E-state index contributed by atoms with van der Waals surface area (Å²) in [7, 11) is 0. The molecule has 0 bridgehead atoms. The Bertz CT molecular complexity index is 757. The lowest BCUT2D eigenvalue weighted by molar-refractivity contribution is 1.17. The molecule has 94 valence electrons. The zero-order chi connectivity index (χ0) is 13.2. The molecule has 0 aliphatic heterocycles. The number of aromatic amines is 1. The number of hydrogen-bond acceptors (Lipinski definition) is 3. The summed E-state index contributed by atoms with van der Waals surface area (Å²) in [4.78, 5) is 9.00. The van der Waals surface area contributed by atoms with Gasteiger partial charge in [-0.3, -0.25) is 0 Å². The lowest BCUT2D eigenvalue weighted by Crippen LogP contribution is -1.92.